The Hall–Kier alpha value is -2.68. The van der Waals surface area contributed by atoms with Gasteiger partial charge >= 0.3 is 23.9 Å². The van der Waals surface area contributed by atoms with Gasteiger partial charge in [0.25, 0.3) is 0 Å². The quantitative estimate of drug-likeness (QED) is 0.0275. The van der Waals surface area contributed by atoms with E-state index in [4.69, 9.17) is 18.9 Å². The molecule has 0 aromatic rings. The predicted molar refractivity (Wildman–Crippen MR) is 278 cm³/mol. The first-order chi connectivity index (χ1) is 32.0. The van der Waals surface area contributed by atoms with E-state index in [1.807, 2.05) is 12.2 Å². The SMILES string of the molecule is CC(=CCOC(=O)CCCCCC(=O)OCC(CO)COC(=O)CCCCCC(=O)OCC=C(C)CCCC(C)CCCC(C)CCCC(C)C)CCCC(C)CCCC(C)CCCC(C)C. The topological polar surface area (TPSA) is 125 Å². The van der Waals surface area contributed by atoms with Gasteiger partial charge in [0, 0.05) is 25.7 Å². The first-order valence-corrected chi connectivity index (χ1v) is 27.5. The molecule has 1 N–H and O–H groups in total. The maximum absolute atomic E-state index is 12.3. The second-order valence-corrected chi connectivity index (χ2v) is 21.7. The highest BCUT2D eigenvalue weighted by atomic mass is 16.6. The summed E-state index contributed by atoms with van der Waals surface area (Å²) in [6.45, 7) is 23.3. The van der Waals surface area contributed by atoms with E-state index >= 15 is 0 Å². The van der Waals surface area contributed by atoms with Gasteiger partial charge in [-0.15, -0.1) is 0 Å². The summed E-state index contributed by atoms with van der Waals surface area (Å²) < 4.78 is 21.4. The third-order valence-electron chi connectivity index (χ3n) is 13.4. The summed E-state index contributed by atoms with van der Waals surface area (Å²) in [6.07, 6.45) is 31.9. The Morgan fingerprint density at radius 1 is 0.373 bits per heavy atom. The standard InChI is InChI=1S/C58H106O9/c1-46(2)23-17-25-48(5)27-19-29-50(7)31-21-33-52(9)39-41-64-55(60)35-13-11-15-37-57(62)66-44-54(43-59)45-67-58(63)38-16-12-14-36-56(61)65-42-40-53(10)34-22-32-51(8)30-20-28-49(6)26-18-24-47(3)4/h39-40,46-51,54,59H,11-38,41-45H2,1-10H3. The molecule has 0 spiro atoms. The Labute approximate surface area is 412 Å². The molecule has 0 aliphatic rings. The van der Waals surface area contributed by atoms with E-state index in [0.717, 1.165) is 61.2 Å². The fourth-order valence-corrected chi connectivity index (χ4v) is 8.47. The van der Waals surface area contributed by atoms with Crippen molar-refractivity contribution in [3.8, 4) is 0 Å². The molecule has 0 aliphatic heterocycles. The summed E-state index contributed by atoms with van der Waals surface area (Å²) in [5.41, 5.74) is 2.53. The number of rotatable bonds is 45. The van der Waals surface area contributed by atoms with Gasteiger partial charge in [-0.1, -0.05) is 169 Å². The molecule has 4 unspecified atom stereocenters. The van der Waals surface area contributed by atoms with E-state index in [0.29, 0.717) is 64.6 Å². The molecule has 0 heterocycles. The van der Waals surface area contributed by atoms with E-state index < -0.39 is 5.92 Å². The van der Waals surface area contributed by atoms with Crippen LogP contribution < -0.4 is 0 Å². The van der Waals surface area contributed by atoms with Gasteiger partial charge in [0.2, 0.25) is 0 Å². The van der Waals surface area contributed by atoms with E-state index in [1.165, 1.54) is 101 Å². The molecule has 392 valence electrons. The molecular formula is C58H106O9. The first kappa shape index (κ1) is 64.3. The fourth-order valence-electron chi connectivity index (χ4n) is 8.47. The number of aliphatic hydroxyl groups is 1. The van der Waals surface area contributed by atoms with Crippen LogP contribution in [0.3, 0.4) is 0 Å². The van der Waals surface area contributed by atoms with Gasteiger partial charge in [-0.05, 0) is 113 Å². The van der Waals surface area contributed by atoms with Crippen LogP contribution in [-0.2, 0) is 38.1 Å². The largest absolute Gasteiger partial charge is 0.465 e. The summed E-state index contributed by atoms with van der Waals surface area (Å²) in [5.74, 6) is 3.08. The van der Waals surface area contributed by atoms with E-state index in [1.54, 1.807) is 0 Å². The lowest BCUT2D eigenvalue weighted by molar-refractivity contribution is -0.150. The van der Waals surface area contributed by atoms with Crippen molar-refractivity contribution in [2.45, 2.75) is 249 Å². The Morgan fingerprint density at radius 2 is 0.657 bits per heavy atom. The van der Waals surface area contributed by atoms with Crippen LogP contribution in [-0.4, -0.2) is 62.0 Å². The molecule has 0 saturated heterocycles. The fraction of sp³-hybridized carbons (Fsp3) is 0.862. The molecule has 0 rings (SSSR count). The van der Waals surface area contributed by atoms with Crippen molar-refractivity contribution >= 4 is 23.9 Å². The van der Waals surface area contributed by atoms with Gasteiger partial charge in [-0.2, -0.15) is 0 Å². The number of esters is 4. The van der Waals surface area contributed by atoms with Crippen LogP contribution >= 0.6 is 0 Å². The summed E-state index contributed by atoms with van der Waals surface area (Å²) in [7, 11) is 0. The smallest absolute Gasteiger partial charge is 0.306 e. The molecule has 0 amide bonds. The van der Waals surface area contributed by atoms with Crippen molar-refractivity contribution in [2.24, 2.45) is 41.4 Å². The van der Waals surface area contributed by atoms with Gasteiger partial charge in [0.05, 0.1) is 25.7 Å². The molecule has 0 aliphatic carbocycles. The lowest BCUT2D eigenvalue weighted by atomic mass is 9.91. The average molecular weight is 947 g/mol. The maximum atomic E-state index is 12.3. The molecule has 0 aromatic heterocycles. The molecule has 0 aromatic carbocycles. The van der Waals surface area contributed by atoms with E-state index in [9.17, 15) is 24.3 Å². The molecule has 0 fully saturated rings. The summed E-state index contributed by atoms with van der Waals surface area (Å²) in [4.78, 5) is 48.9. The highest BCUT2D eigenvalue weighted by Gasteiger charge is 2.15. The Bertz CT molecular complexity index is 1210. The lowest BCUT2D eigenvalue weighted by Crippen LogP contribution is -2.23. The highest BCUT2D eigenvalue weighted by Crippen LogP contribution is 2.24. The van der Waals surface area contributed by atoms with Crippen LogP contribution in [0, 0.1) is 41.4 Å². The minimum Gasteiger partial charge on any atom is -0.465 e. The van der Waals surface area contributed by atoms with Crippen molar-refractivity contribution in [1.29, 1.82) is 0 Å². The molecule has 0 bridgehead atoms. The summed E-state index contributed by atoms with van der Waals surface area (Å²) in [6, 6.07) is 0. The minimum atomic E-state index is -0.499. The van der Waals surface area contributed by atoms with Crippen molar-refractivity contribution in [2.75, 3.05) is 33.0 Å². The van der Waals surface area contributed by atoms with E-state index in [-0.39, 0.29) is 56.5 Å². The number of hydrogen-bond donors (Lipinski definition) is 1. The molecule has 4 atom stereocenters. The number of unbranched alkanes of at least 4 members (excludes halogenated alkanes) is 4. The van der Waals surface area contributed by atoms with Crippen molar-refractivity contribution in [3.05, 3.63) is 23.3 Å². The van der Waals surface area contributed by atoms with Crippen molar-refractivity contribution < 1.29 is 43.2 Å². The lowest BCUT2D eigenvalue weighted by Gasteiger charge is -2.15. The number of aliphatic hydroxyl groups excluding tert-OH is 1. The Kier molecular flexibility index (Phi) is 41.6. The second kappa shape index (κ2) is 43.3. The van der Waals surface area contributed by atoms with Gasteiger partial charge < -0.3 is 24.1 Å². The van der Waals surface area contributed by atoms with E-state index in [2.05, 4.69) is 69.2 Å². The number of carbonyl (C=O) groups is 4. The van der Waals surface area contributed by atoms with Crippen LogP contribution in [0.4, 0.5) is 0 Å². The molecule has 67 heavy (non-hydrogen) atoms. The number of ether oxygens (including phenoxy) is 4. The summed E-state index contributed by atoms with van der Waals surface area (Å²) in [5, 5.41) is 9.71. The molecule has 9 nitrogen and oxygen atoms in total. The second-order valence-electron chi connectivity index (χ2n) is 21.7. The summed E-state index contributed by atoms with van der Waals surface area (Å²) >= 11 is 0. The van der Waals surface area contributed by atoms with Crippen LogP contribution in [0.5, 0.6) is 0 Å². The monoisotopic (exact) mass is 947 g/mol. The number of allylic oxidation sites excluding steroid dienone is 2. The normalized spacial score (nSPS) is 14.5. The third kappa shape index (κ3) is 44.3. The Morgan fingerprint density at radius 3 is 0.955 bits per heavy atom. The molecule has 9 heteroatoms. The van der Waals surface area contributed by atoms with Crippen LogP contribution in [0.2, 0.25) is 0 Å². The zero-order valence-electron chi connectivity index (χ0n) is 45.2. The van der Waals surface area contributed by atoms with Crippen molar-refractivity contribution in [1.82, 2.24) is 0 Å². The minimum absolute atomic E-state index is 0.0343. The number of hydrogen-bond acceptors (Lipinski definition) is 9. The average Bonchev–Trinajstić information content (AvgIpc) is 3.26. The van der Waals surface area contributed by atoms with Crippen LogP contribution in [0.25, 0.3) is 0 Å². The van der Waals surface area contributed by atoms with Crippen molar-refractivity contribution in [3.63, 3.8) is 0 Å². The zero-order chi connectivity index (χ0) is 50.1. The third-order valence-corrected chi connectivity index (χ3v) is 13.4. The maximum Gasteiger partial charge on any atom is 0.306 e. The van der Waals surface area contributed by atoms with Crippen LogP contribution in [0.1, 0.15) is 249 Å². The highest BCUT2D eigenvalue weighted by molar-refractivity contribution is 5.70. The van der Waals surface area contributed by atoms with Gasteiger partial charge in [-0.25, -0.2) is 0 Å². The molecular weight excluding hydrogens is 841 g/mol. The van der Waals surface area contributed by atoms with Gasteiger partial charge in [0.15, 0.2) is 0 Å². The number of carbonyl (C=O) groups excluding carboxylic acids is 4. The predicted octanol–water partition coefficient (Wildman–Crippen LogP) is 15.4. The molecule has 0 saturated carbocycles. The van der Waals surface area contributed by atoms with Gasteiger partial charge in [0.1, 0.15) is 13.2 Å². The van der Waals surface area contributed by atoms with Crippen LogP contribution in [0.15, 0.2) is 23.3 Å². The van der Waals surface area contributed by atoms with Gasteiger partial charge in [-0.3, -0.25) is 19.2 Å². The Balaban J connectivity index is 3.90. The first-order valence-electron chi connectivity index (χ1n) is 27.5. The zero-order valence-corrected chi connectivity index (χ0v) is 45.2. The molecule has 0 radical (unpaired) electrons.